The Morgan fingerprint density at radius 1 is 0.857 bits per heavy atom. The van der Waals surface area contributed by atoms with Gasteiger partial charge in [-0.2, -0.15) is 5.01 Å². The van der Waals surface area contributed by atoms with E-state index in [0.717, 1.165) is 10.0 Å². The first-order valence-electron chi connectivity index (χ1n) is 4.40. The first kappa shape index (κ1) is 12.6. The maximum Gasteiger partial charge on any atom is 0.245 e. The van der Waals surface area contributed by atoms with Crippen LogP contribution in [-0.4, -0.2) is 33.8 Å². The molecule has 0 bridgehead atoms. The molecule has 0 radical (unpaired) electrons. The van der Waals surface area contributed by atoms with Gasteiger partial charge >= 0.3 is 0 Å². The first-order chi connectivity index (χ1) is 6.29. The molecule has 5 heteroatoms. The van der Waals surface area contributed by atoms with E-state index in [4.69, 9.17) is 0 Å². The van der Waals surface area contributed by atoms with Crippen LogP contribution >= 0.6 is 0 Å². The normalized spacial score (nSPS) is 9.86. The van der Waals surface area contributed by atoms with Gasteiger partial charge in [-0.05, 0) is 13.8 Å². The monoisotopic (exact) mass is 200 g/mol. The fraction of sp³-hybridized carbons (Fsp3) is 0.667. The number of carbonyl (C=O) groups excluding carboxylic acids is 3. The molecule has 0 aromatic rings. The molecule has 0 atom stereocenters. The summed E-state index contributed by atoms with van der Waals surface area (Å²) >= 11 is 0. The second-order valence-electron chi connectivity index (χ2n) is 3.31. The summed E-state index contributed by atoms with van der Waals surface area (Å²) in [5.74, 6) is -1.24. The van der Waals surface area contributed by atoms with Gasteiger partial charge in [0.15, 0.2) is 0 Å². The van der Waals surface area contributed by atoms with Crippen LogP contribution in [0.1, 0.15) is 34.6 Å². The number of hydrogen-bond donors (Lipinski definition) is 0. The Balaban J connectivity index is 5.03. The Morgan fingerprint density at radius 3 is 1.29 bits per heavy atom. The van der Waals surface area contributed by atoms with Gasteiger partial charge in [-0.1, -0.05) is 0 Å². The second-order valence-corrected chi connectivity index (χ2v) is 3.31. The Kier molecular flexibility index (Phi) is 4.27. The zero-order valence-corrected chi connectivity index (χ0v) is 9.20. The summed E-state index contributed by atoms with van der Waals surface area (Å²) in [6.45, 7) is 7.29. The van der Waals surface area contributed by atoms with E-state index >= 15 is 0 Å². The largest absolute Gasteiger partial charge is 0.273 e. The van der Waals surface area contributed by atoms with Gasteiger partial charge in [0.25, 0.3) is 0 Å². The standard InChI is InChI=1S/C9H16N2O3/c1-6(2)10(7(3)12)11(8(4)13)9(5)14/h6H,1-5H3. The van der Waals surface area contributed by atoms with Crippen molar-refractivity contribution in [2.24, 2.45) is 0 Å². The molecule has 0 aromatic heterocycles. The van der Waals surface area contributed by atoms with Gasteiger partial charge in [-0.25, -0.2) is 5.01 Å². The molecule has 0 fully saturated rings. The average Bonchev–Trinajstić information content (AvgIpc) is 1.96. The molecular weight excluding hydrogens is 184 g/mol. The lowest BCUT2D eigenvalue weighted by molar-refractivity contribution is -0.173. The molecule has 14 heavy (non-hydrogen) atoms. The van der Waals surface area contributed by atoms with Crippen molar-refractivity contribution in [3.63, 3.8) is 0 Å². The number of rotatable bonds is 1. The van der Waals surface area contributed by atoms with E-state index < -0.39 is 11.8 Å². The van der Waals surface area contributed by atoms with Gasteiger partial charge < -0.3 is 0 Å². The maximum atomic E-state index is 11.2. The summed E-state index contributed by atoms with van der Waals surface area (Å²) < 4.78 is 0. The summed E-state index contributed by atoms with van der Waals surface area (Å²) in [6, 6.07) is -0.222. The molecule has 0 aromatic carbocycles. The van der Waals surface area contributed by atoms with Crippen LogP contribution in [0.2, 0.25) is 0 Å². The molecule has 0 rings (SSSR count). The molecule has 0 aliphatic rings. The third-order valence-corrected chi connectivity index (χ3v) is 1.62. The Bertz CT molecular complexity index is 247. The Labute approximate surface area is 83.6 Å². The summed E-state index contributed by atoms with van der Waals surface area (Å²) in [5.41, 5.74) is 0. The fourth-order valence-electron chi connectivity index (χ4n) is 1.26. The van der Waals surface area contributed by atoms with E-state index in [2.05, 4.69) is 0 Å². The van der Waals surface area contributed by atoms with Crippen LogP contribution in [0.3, 0.4) is 0 Å². The van der Waals surface area contributed by atoms with Crippen LogP contribution in [0.25, 0.3) is 0 Å². The number of imide groups is 1. The zero-order valence-electron chi connectivity index (χ0n) is 9.20. The minimum atomic E-state index is -0.457. The van der Waals surface area contributed by atoms with E-state index in [1.54, 1.807) is 13.8 Å². The van der Waals surface area contributed by atoms with Crippen molar-refractivity contribution in [3.05, 3.63) is 0 Å². The minimum absolute atomic E-state index is 0.222. The lowest BCUT2D eigenvalue weighted by Gasteiger charge is -2.33. The van der Waals surface area contributed by atoms with Gasteiger partial charge in [0.2, 0.25) is 17.7 Å². The van der Waals surface area contributed by atoms with Crippen LogP contribution in [0.4, 0.5) is 0 Å². The number of nitrogens with zero attached hydrogens (tertiary/aromatic N) is 2. The summed E-state index contributed by atoms with van der Waals surface area (Å²) in [4.78, 5) is 33.5. The third kappa shape index (κ3) is 2.83. The molecule has 0 heterocycles. The topological polar surface area (TPSA) is 57.7 Å². The van der Waals surface area contributed by atoms with E-state index in [1.807, 2.05) is 0 Å². The van der Waals surface area contributed by atoms with Crippen LogP contribution < -0.4 is 0 Å². The third-order valence-electron chi connectivity index (χ3n) is 1.62. The first-order valence-corrected chi connectivity index (χ1v) is 4.40. The minimum Gasteiger partial charge on any atom is -0.273 e. The Hall–Kier alpha value is -1.39. The molecule has 0 aliphatic carbocycles. The smallest absolute Gasteiger partial charge is 0.245 e. The molecule has 0 aliphatic heterocycles. The number of carbonyl (C=O) groups is 3. The van der Waals surface area contributed by atoms with Crippen molar-refractivity contribution in [1.29, 1.82) is 0 Å². The molecule has 0 unspecified atom stereocenters. The van der Waals surface area contributed by atoms with Crippen molar-refractivity contribution < 1.29 is 14.4 Å². The quantitative estimate of drug-likeness (QED) is 0.581. The highest BCUT2D eigenvalue weighted by atomic mass is 16.2. The van der Waals surface area contributed by atoms with Crippen molar-refractivity contribution in [2.75, 3.05) is 0 Å². The number of hydrogen-bond acceptors (Lipinski definition) is 3. The molecule has 80 valence electrons. The van der Waals surface area contributed by atoms with Gasteiger partial charge in [0.1, 0.15) is 0 Å². The van der Waals surface area contributed by atoms with Crippen LogP contribution in [0, 0.1) is 0 Å². The van der Waals surface area contributed by atoms with Gasteiger partial charge in [-0.15, -0.1) is 0 Å². The average molecular weight is 200 g/mol. The highest BCUT2D eigenvalue weighted by molar-refractivity contribution is 5.94. The Morgan fingerprint density at radius 2 is 1.21 bits per heavy atom. The fourth-order valence-corrected chi connectivity index (χ4v) is 1.26. The predicted molar refractivity (Wildman–Crippen MR) is 50.9 cm³/mol. The molecule has 3 amide bonds. The summed E-state index contributed by atoms with van der Waals surface area (Å²) in [5, 5.41) is 2.00. The van der Waals surface area contributed by atoms with E-state index in [9.17, 15) is 14.4 Å². The van der Waals surface area contributed by atoms with E-state index in [-0.39, 0.29) is 11.9 Å². The lowest BCUT2D eigenvalue weighted by Crippen LogP contribution is -2.53. The van der Waals surface area contributed by atoms with Crippen molar-refractivity contribution in [3.8, 4) is 0 Å². The van der Waals surface area contributed by atoms with Crippen molar-refractivity contribution >= 4 is 17.7 Å². The van der Waals surface area contributed by atoms with Crippen LogP contribution in [0.5, 0.6) is 0 Å². The van der Waals surface area contributed by atoms with Crippen molar-refractivity contribution in [2.45, 2.75) is 40.7 Å². The van der Waals surface area contributed by atoms with Gasteiger partial charge in [-0.3, -0.25) is 14.4 Å². The number of amides is 3. The zero-order chi connectivity index (χ0) is 11.5. The highest BCUT2D eigenvalue weighted by Gasteiger charge is 2.26. The molecule has 0 spiro atoms. The maximum absolute atomic E-state index is 11.2. The van der Waals surface area contributed by atoms with Gasteiger partial charge in [0, 0.05) is 26.8 Å². The van der Waals surface area contributed by atoms with Crippen molar-refractivity contribution in [1.82, 2.24) is 10.0 Å². The molecular formula is C9H16N2O3. The molecule has 5 nitrogen and oxygen atoms in total. The molecule has 0 saturated carbocycles. The second kappa shape index (κ2) is 4.74. The van der Waals surface area contributed by atoms with Gasteiger partial charge in [0.05, 0.1) is 0 Å². The lowest BCUT2D eigenvalue weighted by atomic mass is 10.3. The molecule has 0 N–H and O–H groups in total. The SMILES string of the molecule is CC(=O)N(C(C)=O)N(C(C)=O)C(C)C. The van der Waals surface area contributed by atoms with E-state index in [1.165, 1.54) is 20.8 Å². The number of hydrazine groups is 1. The highest BCUT2D eigenvalue weighted by Crippen LogP contribution is 2.06. The summed E-state index contributed by atoms with van der Waals surface area (Å²) in [6.07, 6.45) is 0. The predicted octanol–water partition coefficient (Wildman–Crippen LogP) is 0.553. The molecule has 0 saturated heterocycles. The van der Waals surface area contributed by atoms with Crippen LogP contribution in [0.15, 0.2) is 0 Å². The van der Waals surface area contributed by atoms with E-state index in [0.29, 0.717) is 0 Å². The summed E-state index contributed by atoms with van der Waals surface area (Å²) in [7, 11) is 0. The van der Waals surface area contributed by atoms with Crippen LogP contribution in [-0.2, 0) is 14.4 Å².